The summed E-state index contributed by atoms with van der Waals surface area (Å²) in [6.45, 7) is 11.6. The van der Waals surface area contributed by atoms with E-state index >= 15 is 0 Å². The van der Waals surface area contributed by atoms with Crippen molar-refractivity contribution in [3.05, 3.63) is 132 Å². The lowest BCUT2D eigenvalue weighted by Crippen LogP contribution is -2.24. The van der Waals surface area contributed by atoms with Crippen LogP contribution >= 0.6 is 0 Å². The minimum absolute atomic E-state index is 0.104. The van der Waals surface area contributed by atoms with Crippen LogP contribution in [-0.4, -0.2) is 9.78 Å². The van der Waals surface area contributed by atoms with E-state index in [1.165, 1.54) is 5.56 Å². The van der Waals surface area contributed by atoms with Gasteiger partial charge in [0.05, 0.1) is 17.1 Å². The molecule has 0 amide bonds. The number of benzene rings is 4. The average Bonchev–Trinajstić information content (AvgIpc) is 3.38. The SMILES string of the molecule is CC(C)(C)CC(C)(C)c1ccc(-c2cc(-c3ccc(C#Cc4ccccc4)cc3)nn2-c2ccccc2)cc1. The Morgan fingerprint density at radius 2 is 1.15 bits per heavy atom. The molecule has 0 saturated carbocycles. The second-order valence-corrected chi connectivity index (χ2v) is 12.1. The van der Waals surface area contributed by atoms with Crippen LogP contribution in [0.5, 0.6) is 0 Å². The molecule has 1 aromatic heterocycles. The van der Waals surface area contributed by atoms with E-state index in [-0.39, 0.29) is 10.8 Å². The summed E-state index contributed by atoms with van der Waals surface area (Å²) in [6, 6.07) is 40.0. The first-order chi connectivity index (χ1) is 18.7. The van der Waals surface area contributed by atoms with Crippen molar-refractivity contribution in [1.29, 1.82) is 0 Å². The second kappa shape index (κ2) is 10.8. The Balaban J connectivity index is 1.48. The molecular formula is C37H36N2. The van der Waals surface area contributed by atoms with Gasteiger partial charge in [-0.25, -0.2) is 4.68 Å². The van der Waals surface area contributed by atoms with Crippen LogP contribution in [0, 0.1) is 17.3 Å². The Morgan fingerprint density at radius 3 is 1.74 bits per heavy atom. The smallest absolute Gasteiger partial charge is 0.0934 e. The Hall–Kier alpha value is -4.35. The second-order valence-electron chi connectivity index (χ2n) is 12.1. The fourth-order valence-corrected chi connectivity index (χ4v) is 5.40. The minimum Gasteiger partial charge on any atom is -0.232 e. The molecule has 2 nitrogen and oxygen atoms in total. The molecule has 194 valence electrons. The molecule has 0 aliphatic heterocycles. The third-order valence-corrected chi connectivity index (χ3v) is 6.95. The molecule has 0 saturated heterocycles. The highest BCUT2D eigenvalue weighted by atomic mass is 15.3. The van der Waals surface area contributed by atoms with E-state index in [4.69, 9.17) is 5.10 Å². The van der Waals surface area contributed by atoms with Gasteiger partial charge in [-0.05, 0) is 65.3 Å². The monoisotopic (exact) mass is 508 g/mol. The summed E-state index contributed by atoms with van der Waals surface area (Å²) in [6.07, 6.45) is 1.12. The van der Waals surface area contributed by atoms with Crippen molar-refractivity contribution in [2.45, 2.75) is 46.5 Å². The molecule has 0 aliphatic rings. The summed E-state index contributed by atoms with van der Waals surface area (Å²) < 4.78 is 2.05. The van der Waals surface area contributed by atoms with E-state index in [1.54, 1.807) is 0 Å². The van der Waals surface area contributed by atoms with Gasteiger partial charge in [-0.1, -0.05) is 119 Å². The van der Waals surface area contributed by atoms with E-state index < -0.39 is 0 Å². The van der Waals surface area contributed by atoms with E-state index in [2.05, 4.69) is 125 Å². The molecule has 4 aromatic carbocycles. The average molecular weight is 509 g/mol. The van der Waals surface area contributed by atoms with Crippen molar-refractivity contribution < 1.29 is 0 Å². The predicted octanol–water partition coefficient (Wildman–Crippen LogP) is 9.32. The van der Waals surface area contributed by atoms with Crippen molar-refractivity contribution in [3.63, 3.8) is 0 Å². The highest BCUT2D eigenvalue weighted by molar-refractivity contribution is 5.71. The molecule has 0 fully saturated rings. The van der Waals surface area contributed by atoms with Crippen LogP contribution in [0.15, 0.2) is 115 Å². The summed E-state index contributed by atoms with van der Waals surface area (Å²) in [5.41, 5.74) is 9.01. The zero-order valence-electron chi connectivity index (χ0n) is 23.6. The molecule has 0 radical (unpaired) electrons. The Kier molecular flexibility index (Phi) is 7.27. The first-order valence-corrected chi connectivity index (χ1v) is 13.6. The topological polar surface area (TPSA) is 17.8 Å². The summed E-state index contributed by atoms with van der Waals surface area (Å²) >= 11 is 0. The lowest BCUT2D eigenvalue weighted by atomic mass is 9.72. The maximum Gasteiger partial charge on any atom is 0.0934 e. The number of para-hydroxylation sites is 1. The van der Waals surface area contributed by atoms with Crippen LogP contribution < -0.4 is 0 Å². The van der Waals surface area contributed by atoms with E-state index in [9.17, 15) is 0 Å². The van der Waals surface area contributed by atoms with Gasteiger partial charge in [0, 0.05) is 22.3 Å². The quantitative estimate of drug-likeness (QED) is 0.216. The van der Waals surface area contributed by atoms with Crippen LogP contribution in [0.3, 0.4) is 0 Å². The zero-order valence-corrected chi connectivity index (χ0v) is 23.6. The third kappa shape index (κ3) is 6.39. The minimum atomic E-state index is 0.104. The Morgan fingerprint density at radius 1 is 0.615 bits per heavy atom. The van der Waals surface area contributed by atoms with Gasteiger partial charge >= 0.3 is 0 Å². The summed E-state index contributed by atoms with van der Waals surface area (Å²) in [5.74, 6) is 6.50. The molecule has 0 spiro atoms. The lowest BCUT2D eigenvalue weighted by molar-refractivity contribution is 0.284. The number of aromatic nitrogens is 2. The van der Waals surface area contributed by atoms with Crippen molar-refractivity contribution >= 4 is 0 Å². The largest absolute Gasteiger partial charge is 0.232 e. The zero-order chi connectivity index (χ0) is 27.5. The van der Waals surface area contributed by atoms with Crippen molar-refractivity contribution in [2.75, 3.05) is 0 Å². The first kappa shape index (κ1) is 26.3. The molecule has 0 unspecified atom stereocenters. The van der Waals surface area contributed by atoms with Gasteiger partial charge in [0.2, 0.25) is 0 Å². The number of rotatable bonds is 5. The molecular weight excluding hydrogens is 472 g/mol. The molecule has 5 rings (SSSR count). The van der Waals surface area contributed by atoms with Crippen LogP contribution in [-0.2, 0) is 5.41 Å². The fourth-order valence-electron chi connectivity index (χ4n) is 5.40. The number of nitrogens with zero attached hydrogens (tertiary/aromatic N) is 2. The lowest BCUT2D eigenvalue weighted by Gasteiger charge is -2.33. The molecule has 5 aromatic rings. The van der Waals surface area contributed by atoms with Gasteiger partial charge in [-0.15, -0.1) is 0 Å². The van der Waals surface area contributed by atoms with Crippen molar-refractivity contribution in [2.24, 2.45) is 5.41 Å². The first-order valence-electron chi connectivity index (χ1n) is 13.6. The standard InChI is InChI=1S/C37H36N2/c1-36(2,3)27-37(4,5)32-24-22-31(23-25-32)35-26-34(38-39(35)33-14-10-7-11-15-33)30-20-18-29(19-21-30)17-16-28-12-8-6-9-13-28/h6-15,18-26H,27H2,1-5H3. The predicted molar refractivity (Wildman–Crippen MR) is 164 cm³/mol. The van der Waals surface area contributed by atoms with Crippen LogP contribution in [0.4, 0.5) is 0 Å². The van der Waals surface area contributed by atoms with Crippen molar-refractivity contribution in [3.8, 4) is 40.0 Å². The van der Waals surface area contributed by atoms with Gasteiger partial charge < -0.3 is 0 Å². The summed E-state index contributed by atoms with van der Waals surface area (Å²) in [5, 5.41) is 5.05. The number of hydrogen-bond donors (Lipinski definition) is 0. The summed E-state index contributed by atoms with van der Waals surface area (Å²) in [4.78, 5) is 0. The highest BCUT2D eigenvalue weighted by Crippen LogP contribution is 2.37. The molecule has 0 atom stereocenters. The van der Waals surface area contributed by atoms with Gasteiger partial charge in [0.15, 0.2) is 0 Å². The molecule has 1 heterocycles. The molecule has 2 heteroatoms. The molecule has 39 heavy (non-hydrogen) atoms. The van der Waals surface area contributed by atoms with Crippen LogP contribution in [0.1, 0.15) is 57.7 Å². The van der Waals surface area contributed by atoms with E-state index in [0.717, 1.165) is 45.7 Å². The van der Waals surface area contributed by atoms with Gasteiger partial charge in [-0.2, -0.15) is 5.10 Å². The maximum atomic E-state index is 5.05. The van der Waals surface area contributed by atoms with Crippen LogP contribution in [0.25, 0.3) is 28.2 Å². The molecule has 0 N–H and O–H groups in total. The van der Waals surface area contributed by atoms with E-state index in [0.29, 0.717) is 0 Å². The Labute approximate surface area is 233 Å². The van der Waals surface area contributed by atoms with Crippen molar-refractivity contribution in [1.82, 2.24) is 9.78 Å². The van der Waals surface area contributed by atoms with Crippen LogP contribution in [0.2, 0.25) is 0 Å². The third-order valence-electron chi connectivity index (χ3n) is 6.95. The maximum absolute atomic E-state index is 5.05. The Bertz CT molecular complexity index is 1590. The van der Waals surface area contributed by atoms with Gasteiger partial charge in [0.1, 0.15) is 0 Å². The molecule has 0 aliphatic carbocycles. The van der Waals surface area contributed by atoms with Gasteiger partial charge in [0.25, 0.3) is 0 Å². The highest BCUT2D eigenvalue weighted by Gasteiger charge is 2.27. The number of hydrogen-bond acceptors (Lipinski definition) is 1. The van der Waals surface area contributed by atoms with E-state index in [1.807, 2.05) is 41.1 Å². The normalized spacial score (nSPS) is 11.6. The van der Waals surface area contributed by atoms with Gasteiger partial charge in [-0.3, -0.25) is 0 Å². The molecule has 0 bridgehead atoms. The fraction of sp³-hybridized carbons (Fsp3) is 0.216. The summed E-state index contributed by atoms with van der Waals surface area (Å²) in [7, 11) is 0.